The summed E-state index contributed by atoms with van der Waals surface area (Å²) in [6.07, 6.45) is 0. The van der Waals surface area contributed by atoms with Gasteiger partial charge in [-0.15, -0.1) is 0 Å². The first kappa shape index (κ1) is 24.3. The van der Waals surface area contributed by atoms with Crippen LogP contribution in [0.4, 0.5) is 10.2 Å². The largest absolute Gasteiger partial charge is 0.463 e. The van der Waals surface area contributed by atoms with Crippen molar-refractivity contribution < 1.29 is 9.13 Å². The number of hydrogen-bond acceptors (Lipinski definition) is 5. The lowest BCUT2D eigenvalue weighted by molar-refractivity contribution is 0.192. The van der Waals surface area contributed by atoms with Crippen LogP contribution in [0, 0.1) is 0 Å². The lowest BCUT2D eigenvalue weighted by atomic mass is 10.00. The van der Waals surface area contributed by atoms with Crippen molar-refractivity contribution in [2.45, 2.75) is 19.8 Å². The second-order valence-electron chi connectivity index (χ2n) is 9.13. The molecule has 2 heterocycles. The minimum Gasteiger partial charge on any atom is -0.463 e. The average Bonchev–Trinajstić information content (AvgIpc) is 2.89. The Morgan fingerprint density at radius 1 is 1.08 bits per heavy atom. The van der Waals surface area contributed by atoms with Crippen molar-refractivity contribution in [1.29, 1.82) is 0 Å². The minimum absolute atomic E-state index is 0.206. The molecule has 0 amide bonds. The van der Waals surface area contributed by atoms with Gasteiger partial charge in [-0.25, -0.2) is 9.18 Å². The standard InChI is InChI=1S/C28H28ClFN4O2/c1-18(2)21-8-3-4-9-25(21)34-26-16-22(19-6-5-7-20(14-19)36-17-30)24(29)15-23(26)27(32-28(34)35)33-12-10-31-11-13-33/h3-9,14-16,18,31H,10-13,17H2,1-2H3. The van der Waals surface area contributed by atoms with Crippen LogP contribution in [-0.4, -0.2) is 42.6 Å². The van der Waals surface area contributed by atoms with Gasteiger partial charge in [0.1, 0.15) is 11.6 Å². The van der Waals surface area contributed by atoms with Crippen molar-refractivity contribution in [2.75, 3.05) is 37.9 Å². The van der Waals surface area contributed by atoms with Gasteiger partial charge in [-0.3, -0.25) is 4.57 Å². The van der Waals surface area contributed by atoms with Crippen molar-refractivity contribution in [3.8, 4) is 22.6 Å². The highest BCUT2D eigenvalue weighted by Crippen LogP contribution is 2.37. The smallest absolute Gasteiger partial charge is 0.354 e. The summed E-state index contributed by atoms with van der Waals surface area (Å²) in [4.78, 5) is 20.4. The molecule has 5 rings (SSSR count). The third-order valence-electron chi connectivity index (χ3n) is 6.54. The summed E-state index contributed by atoms with van der Waals surface area (Å²) in [5.74, 6) is 1.25. The van der Waals surface area contributed by atoms with E-state index >= 15 is 0 Å². The first-order chi connectivity index (χ1) is 17.5. The number of alkyl halides is 1. The van der Waals surface area contributed by atoms with E-state index in [9.17, 15) is 9.18 Å². The third kappa shape index (κ3) is 4.56. The van der Waals surface area contributed by atoms with Crippen LogP contribution >= 0.6 is 11.6 Å². The predicted molar refractivity (Wildman–Crippen MR) is 144 cm³/mol. The molecule has 0 aliphatic carbocycles. The van der Waals surface area contributed by atoms with E-state index in [-0.39, 0.29) is 11.6 Å². The molecule has 1 saturated heterocycles. The molecule has 0 radical (unpaired) electrons. The molecule has 4 aromatic rings. The van der Waals surface area contributed by atoms with Crippen LogP contribution in [-0.2, 0) is 0 Å². The molecular formula is C28H28ClFN4O2. The topological polar surface area (TPSA) is 59.4 Å². The number of aromatic nitrogens is 2. The van der Waals surface area contributed by atoms with Crippen molar-refractivity contribution in [1.82, 2.24) is 14.9 Å². The van der Waals surface area contributed by atoms with Gasteiger partial charge in [-0.1, -0.05) is 55.8 Å². The predicted octanol–water partition coefficient (Wildman–Crippen LogP) is 5.54. The van der Waals surface area contributed by atoms with E-state index in [2.05, 4.69) is 29.0 Å². The van der Waals surface area contributed by atoms with E-state index in [0.717, 1.165) is 53.9 Å². The van der Waals surface area contributed by atoms with Crippen LogP contribution < -0.4 is 20.6 Å². The molecule has 1 aliphatic rings. The molecule has 0 bridgehead atoms. The van der Waals surface area contributed by atoms with Gasteiger partial charge in [0.2, 0.25) is 6.86 Å². The van der Waals surface area contributed by atoms with Crippen LogP contribution in [0.15, 0.2) is 65.5 Å². The normalized spacial score (nSPS) is 14.0. The summed E-state index contributed by atoms with van der Waals surface area (Å²) in [6, 6.07) is 18.8. The van der Waals surface area contributed by atoms with Gasteiger partial charge >= 0.3 is 5.69 Å². The van der Waals surface area contributed by atoms with Crippen LogP contribution in [0.1, 0.15) is 25.3 Å². The SMILES string of the molecule is CC(C)c1ccccc1-n1c(=O)nc(N2CCNCC2)c2cc(Cl)c(-c3cccc(OCF)c3)cc21. The van der Waals surface area contributed by atoms with Crippen molar-refractivity contribution in [3.05, 3.63) is 81.7 Å². The Morgan fingerprint density at radius 3 is 2.61 bits per heavy atom. The van der Waals surface area contributed by atoms with Crippen molar-refractivity contribution >= 4 is 28.3 Å². The number of piperazine rings is 1. The minimum atomic E-state index is -0.917. The van der Waals surface area contributed by atoms with Crippen molar-refractivity contribution in [3.63, 3.8) is 0 Å². The second-order valence-corrected chi connectivity index (χ2v) is 9.54. The molecule has 1 aliphatic heterocycles. The number of nitrogens with one attached hydrogen (secondary N) is 1. The fourth-order valence-electron chi connectivity index (χ4n) is 4.80. The number of nitrogens with zero attached hydrogens (tertiary/aromatic N) is 3. The fourth-order valence-corrected chi connectivity index (χ4v) is 5.07. The molecule has 0 atom stereocenters. The highest BCUT2D eigenvalue weighted by atomic mass is 35.5. The Hall–Kier alpha value is -3.42. The van der Waals surface area contributed by atoms with E-state index in [1.807, 2.05) is 42.5 Å². The lowest BCUT2D eigenvalue weighted by Gasteiger charge is -2.30. The molecule has 0 unspecified atom stereocenters. The maximum absolute atomic E-state index is 13.7. The summed E-state index contributed by atoms with van der Waals surface area (Å²) in [6.45, 7) is 6.41. The maximum Gasteiger partial charge on any atom is 0.354 e. The summed E-state index contributed by atoms with van der Waals surface area (Å²) in [5.41, 5.74) is 3.71. The molecular weight excluding hydrogens is 479 g/mol. The zero-order chi connectivity index (χ0) is 25.2. The number of hydrogen-bond donors (Lipinski definition) is 1. The monoisotopic (exact) mass is 506 g/mol. The number of anilines is 1. The zero-order valence-electron chi connectivity index (χ0n) is 20.3. The summed E-state index contributed by atoms with van der Waals surface area (Å²) < 4.78 is 19.5. The Labute approximate surface area is 214 Å². The molecule has 6 nitrogen and oxygen atoms in total. The summed E-state index contributed by atoms with van der Waals surface area (Å²) in [7, 11) is 0. The quantitative estimate of drug-likeness (QED) is 0.372. The molecule has 36 heavy (non-hydrogen) atoms. The van der Waals surface area contributed by atoms with Crippen LogP contribution in [0.3, 0.4) is 0 Å². The van der Waals surface area contributed by atoms with E-state index in [1.165, 1.54) is 0 Å². The molecule has 1 fully saturated rings. The molecule has 1 aromatic heterocycles. The molecule has 8 heteroatoms. The number of para-hydroxylation sites is 1. The Kier molecular flexibility index (Phi) is 6.94. The van der Waals surface area contributed by atoms with E-state index in [4.69, 9.17) is 16.3 Å². The van der Waals surface area contributed by atoms with Gasteiger partial charge in [0.05, 0.1) is 11.2 Å². The first-order valence-corrected chi connectivity index (χ1v) is 12.5. The molecule has 1 N–H and O–H groups in total. The molecule has 3 aromatic carbocycles. The van der Waals surface area contributed by atoms with Crippen molar-refractivity contribution in [2.24, 2.45) is 0 Å². The first-order valence-electron chi connectivity index (χ1n) is 12.1. The summed E-state index contributed by atoms with van der Waals surface area (Å²) in [5, 5.41) is 4.66. The Morgan fingerprint density at radius 2 is 1.86 bits per heavy atom. The lowest BCUT2D eigenvalue weighted by Crippen LogP contribution is -2.44. The van der Waals surface area contributed by atoms with E-state index < -0.39 is 6.86 Å². The molecule has 0 spiro atoms. The Balaban J connectivity index is 1.82. The van der Waals surface area contributed by atoms with Gasteiger partial charge < -0.3 is 15.0 Å². The fraction of sp³-hybridized carbons (Fsp3) is 0.286. The van der Waals surface area contributed by atoms with E-state index in [1.54, 1.807) is 22.8 Å². The average molecular weight is 507 g/mol. The van der Waals surface area contributed by atoms with Gasteiger partial charge in [0, 0.05) is 42.2 Å². The number of fused-ring (bicyclic) bond motifs is 1. The van der Waals surface area contributed by atoms with Gasteiger partial charge in [0.15, 0.2) is 0 Å². The summed E-state index contributed by atoms with van der Waals surface area (Å²) >= 11 is 6.84. The van der Waals surface area contributed by atoms with Crippen LogP contribution in [0.5, 0.6) is 5.75 Å². The number of rotatable bonds is 6. The number of halogens is 2. The van der Waals surface area contributed by atoms with Crippen LogP contribution in [0.25, 0.3) is 27.7 Å². The zero-order valence-corrected chi connectivity index (χ0v) is 21.1. The van der Waals surface area contributed by atoms with E-state index in [0.29, 0.717) is 22.1 Å². The molecule has 186 valence electrons. The second kappa shape index (κ2) is 10.3. The third-order valence-corrected chi connectivity index (χ3v) is 6.86. The molecule has 0 saturated carbocycles. The maximum atomic E-state index is 13.7. The number of ether oxygens (including phenoxy) is 1. The van der Waals surface area contributed by atoms with Crippen LogP contribution in [0.2, 0.25) is 5.02 Å². The van der Waals surface area contributed by atoms with Gasteiger partial charge in [-0.2, -0.15) is 4.98 Å². The van der Waals surface area contributed by atoms with Gasteiger partial charge in [-0.05, 0) is 47.4 Å². The number of benzene rings is 3. The highest BCUT2D eigenvalue weighted by Gasteiger charge is 2.22. The van der Waals surface area contributed by atoms with Gasteiger partial charge in [0.25, 0.3) is 0 Å². The Bertz CT molecular complexity index is 1460. The highest BCUT2D eigenvalue weighted by molar-refractivity contribution is 6.34.